The van der Waals surface area contributed by atoms with Crippen LogP contribution in [0.4, 0.5) is 6.01 Å². The van der Waals surface area contributed by atoms with Gasteiger partial charge >= 0.3 is 6.01 Å². The molecule has 0 aliphatic heterocycles. The van der Waals surface area contributed by atoms with E-state index in [2.05, 4.69) is 15.5 Å². The minimum atomic E-state index is -3.37. The van der Waals surface area contributed by atoms with Gasteiger partial charge in [0.25, 0.3) is 5.91 Å². The summed E-state index contributed by atoms with van der Waals surface area (Å²) >= 11 is 0. The Morgan fingerprint density at radius 3 is 2.61 bits per heavy atom. The molecule has 0 saturated carbocycles. The summed E-state index contributed by atoms with van der Waals surface area (Å²) in [5.74, 6) is 0.659. The first-order chi connectivity index (χ1) is 13.3. The summed E-state index contributed by atoms with van der Waals surface area (Å²) in [5, 5.41) is 9.98. The van der Waals surface area contributed by atoms with Crippen LogP contribution >= 0.6 is 0 Å². The Balaban J connectivity index is 1.63. The molecule has 0 bridgehead atoms. The van der Waals surface area contributed by atoms with Gasteiger partial charge in [0.15, 0.2) is 16.4 Å². The van der Waals surface area contributed by atoms with Crippen molar-refractivity contribution in [2.45, 2.75) is 4.90 Å². The molecule has 1 aromatic heterocycles. The fourth-order valence-corrected chi connectivity index (χ4v) is 2.91. The van der Waals surface area contributed by atoms with Gasteiger partial charge in [0.1, 0.15) is 11.5 Å². The predicted molar refractivity (Wildman–Crippen MR) is 100.0 cm³/mol. The van der Waals surface area contributed by atoms with Gasteiger partial charge in [0, 0.05) is 17.9 Å². The number of nitrogens with one attached hydrogen (secondary N) is 1. The molecule has 146 valence electrons. The number of sulfone groups is 1. The van der Waals surface area contributed by atoms with Crippen LogP contribution < -0.4 is 14.8 Å². The number of rotatable bonds is 7. The van der Waals surface area contributed by atoms with Gasteiger partial charge in [0.2, 0.25) is 5.89 Å². The third kappa shape index (κ3) is 4.86. The maximum Gasteiger partial charge on any atom is 0.322 e. The van der Waals surface area contributed by atoms with Gasteiger partial charge in [-0.25, -0.2) is 8.42 Å². The minimum absolute atomic E-state index is 0.0783. The summed E-state index contributed by atoms with van der Waals surface area (Å²) in [4.78, 5) is 12.1. The van der Waals surface area contributed by atoms with Gasteiger partial charge in [-0.05, 0) is 30.3 Å². The van der Waals surface area contributed by atoms with Crippen molar-refractivity contribution in [1.29, 1.82) is 0 Å². The predicted octanol–water partition coefficient (Wildman–Crippen LogP) is 2.17. The monoisotopic (exact) mass is 403 g/mol. The summed E-state index contributed by atoms with van der Waals surface area (Å²) in [5.41, 5.74) is 0.420. The third-order valence-corrected chi connectivity index (χ3v) is 4.70. The molecule has 3 aromatic rings. The van der Waals surface area contributed by atoms with E-state index < -0.39 is 15.7 Å². The zero-order chi connectivity index (χ0) is 20.1. The van der Waals surface area contributed by atoms with Crippen LogP contribution in [0.15, 0.2) is 57.8 Å². The lowest BCUT2D eigenvalue weighted by Gasteiger charge is -2.06. The number of methoxy groups -OCH3 is 1. The molecule has 0 fully saturated rings. The van der Waals surface area contributed by atoms with Gasteiger partial charge in [0.05, 0.1) is 12.0 Å². The molecule has 0 radical (unpaired) electrons. The number of aromatic nitrogens is 2. The summed E-state index contributed by atoms with van der Waals surface area (Å²) in [6.45, 7) is -0.269. The Morgan fingerprint density at radius 2 is 1.86 bits per heavy atom. The van der Waals surface area contributed by atoms with E-state index in [9.17, 15) is 13.2 Å². The van der Waals surface area contributed by atoms with Crippen LogP contribution in [0, 0.1) is 0 Å². The van der Waals surface area contributed by atoms with E-state index in [1.165, 1.54) is 19.2 Å². The maximum atomic E-state index is 12.0. The topological polar surface area (TPSA) is 121 Å². The number of amides is 1. The highest BCUT2D eigenvalue weighted by Crippen LogP contribution is 2.23. The molecule has 9 nitrogen and oxygen atoms in total. The maximum absolute atomic E-state index is 12.0. The average Bonchev–Trinajstić information content (AvgIpc) is 3.14. The van der Waals surface area contributed by atoms with Crippen LogP contribution in [-0.2, 0) is 14.6 Å². The van der Waals surface area contributed by atoms with Crippen LogP contribution in [0.1, 0.15) is 0 Å². The van der Waals surface area contributed by atoms with E-state index in [1.54, 1.807) is 36.4 Å². The standard InChI is InChI=1S/C18H17N3O6S/c1-25-13-6-4-7-14(10-13)26-11-16(22)19-18-21-20-17(27-18)12-5-3-8-15(9-12)28(2,23)24/h3-10H,11H2,1-2H3,(H,19,21,22). The molecule has 3 rings (SSSR count). The van der Waals surface area contributed by atoms with Crippen LogP contribution in [-0.4, -0.2) is 44.5 Å². The van der Waals surface area contributed by atoms with Crippen molar-refractivity contribution in [2.75, 3.05) is 25.3 Å². The highest BCUT2D eigenvalue weighted by molar-refractivity contribution is 7.90. The zero-order valence-electron chi connectivity index (χ0n) is 15.1. The number of hydrogen-bond donors (Lipinski definition) is 1. The lowest BCUT2D eigenvalue weighted by molar-refractivity contribution is -0.118. The first-order valence-electron chi connectivity index (χ1n) is 8.06. The van der Waals surface area contributed by atoms with Crippen molar-refractivity contribution in [3.8, 4) is 23.0 Å². The van der Waals surface area contributed by atoms with Gasteiger partial charge in [-0.2, -0.15) is 0 Å². The number of ether oxygens (including phenoxy) is 2. The normalized spacial score (nSPS) is 11.1. The van der Waals surface area contributed by atoms with Crippen molar-refractivity contribution >= 4 is 21.8 Å². The summed E-state index contributed by atoms with van der Waals surface area (Å²) in [7, 11) is -1.84. The SMILES string of the molecule is COc1cccc(OCC(=O)Nc2nnc(-c3cccc(S(C)(=O)=O)c3)o2)c1. The lowest BCUT2D eigenvalue weighted by Crippen LogP contribution is -2.20. The number of carbonyl (C=O) groups is 1. The summed E-state index contributed by atoms with van der Waals surface area (Å²) < 4.78 is 39.1. The van der Waals surface area contributed by atoms with E-state index in [0.717, 1.165) is 6.26 Å². The molecule has 0 aliphatic rings. The van der Waals surface area contributed by atoms with Crippen LogP contribution in [0.5, 0.6) is 11.5 Å². The van der Waals surface area contributed by atoms with Crippen molar-refractivity contribution in [1.82, 2.24) is 10.2 Å². The molecule has 1 N–H and O–H groups in total. The molecule has 0 atom stereocenters. The van der Waals surface area contributed by atoms with Crippen LogP contribution in [0.3, 0.4) is 0 Å². The largest absolute Gasteiger partial charge is 0.497 e. The first-order valence-corrected chi connectivity index (χ1v) is 9.95. The van der Waals surface area contributed by atoms with Crippen molar-refractivity contribution in [3.63, 3.8) is 0 Å². The summed E-state index contributed by atoms with van der Waals surface area (Å²) in [6.07, 6.45) is 1.11. The van der Waals surface area contributed by atoms with E-state index in [0.29, 0.717) is 17.1 Å². The Kier molecular flexibility index (Phi) is 5.59. The molecule has 0 aliphatic carbocycles. The van der Waals surface area contributed by atoms with Crippen molar-refractivity contribution in [3.05, 3.63) is 48.5 Å². The second-order valence-electron chi connectivity index (χ2n) is 5.73. The minimum Gasteiger partial charge on any atom is -0.497 e. The van der Waals surface area contributed by atoms with Gasteiger partial charge in [-0.3, -0.25) is 10.1 Å². The molecule has 0 saturated heterocycles. The van der Waals surface area contributed by atoms with Crippen LogP contribution in [0.25, 0.3) is 11.5 Å². The molecule has 0 unspecified atom stereocenters. The smallest absolute Gasteiger partial charge is 0.322 e. The van der Waals surface area contributed by atoms with Gasteiger partial charge in [-0.15, -0.1) is 5.10 Å². The van der Waals surface area contributed by atoms with E-state index in [1.807, 2.05) is 0 Å². The number of carbonyl (C=O) groups excluding carboxylic acids is 1. The Morgan fingerprint density at radius 1 is 1.11 bits per heavy atom. The molecule has 10 heteroatoms. The van der Waals surface area contributed by atoms with Gasteiger partial charge in [-0.1, -0.05) is 17.2 Å². The Hall–Kier alpha value is -3.40. The molecule has 28 heavy (non-hydrogen) atoms. The lowest BCUT2D eigenvalue weighted by atomic mass is 10.2. The fraction of sp³-hybridized carbons (Fsp3) is 0.167. The highest BCUT2D eigenvalue weighted by Gasteiger charge is 2.14. The summed E-state index contributed by atoms with van der Waals surface area (Å²) in [6, 6.07) is 12.8. The van der Waals surface area contributed by atoms with Gasteiger partial charge < -0.3 is 13.9 Å². The van der Waals surface area contributed by atoms with Crippen LogP contribution in [0.2, 0.25) is 0 Å². The number of anilines is 1. The molecular weight excluding hydrogens is 386 g/mol. The van der Waals surface area contributed by atoms with E-state index >= 15 is 0 Å². The molecule has 0 spiro atoms. The number of benzene rings is 2. The highest BCUT2D eigenvalue weighted by atomic mass is 32.2. The molecule has 2 aromatic carbocycles. The first kappa shape index (κ1) is 19.4. The molecule has 1 amide bonds. The van der Waals surface area contributed by atoms with Crippen molar-refractivity contribution in [2.24, 2.45) is 0 Å². The fourth-order valence-electron chi connectivity index (χ4n) is 2.25. The third-order valence-electron chi connectivity index (χ3n) is 3.59. The second kappa shape index (κ2) is 8.09. The Labute approximate surface area is 161 Å². The quantitative estimate of drug-likeness (QED) is 0.637. The molecule has 1 heterocycles. The van der Waals surface area contributed by atoms with E-state index in [-0.39, 0.29) is 23.4 Å². The van der Waals surface area contributed by atoms with Crippen molar-refractivity contribution < 1.29 is 27.1 Å². The van der Waals surface area contributed by atoms with E-state index in [4.69, 9.17) is 13.9 Å². The second-order valence-corrected chi connectivity index (χ2v) is 7.74. The number of hydrogen-bond acceptors (Lipinski definition) is 8. The zero-order valence-corrected chi connectivity index (χ0v) is 15.9. The molecular formula is C18H17N3O6S. The number of nitrogens with zero attached hydrogens (tertiary/aromatic N) is 2. The Bertz CT molecular complexity index is 1090. The average molecular weight is 403 g/mol.